The lowest BCUT2D eigenvalue weighted by atomic mass is 9.94. The Morgan fingerprint density at radius 3 is 2.54 bits per heavy atom. The van der Waals surface area contributed by atoms with Crippen LogP contribution < -0.4 is 5.32 Å². The molecule has 132 valence electrons. The Morgan fingerprint density at radius 1 is 1.15 bits per heavy atom. The molecular formula is C18H13F3N4O. The predicted molar refractivity (Wildman–Crippen MR) is 87.6 cm³/mol. The van der Waals surface area contributed by atoms with Gasteiger partial charge in [-0.2, -0.15) is 9.49 Å². The lowest BCUT2D eigenvalue weighted by Crippen LogP contribution is -2.33. The number of hydrogen-bond donors (Lipinski definition) is 1. The van der Waals surface area contributed by atoms with Crippen molar-refractivity contribution < 1.29 is 18.0 Å². The zero-order chi connectivity index (χ0) is 18.4. The summed E-state index contributed by atoms with van der Waals surface area (Å²) < 4.78 is 42.7. The maximum absolute atomic E-state index is 14.1. The minimum absolute atomic E-state index is 0.102. The van der Waals surface area contributed by atoms with Crippen LogP contribution in [-0.4, -0.2) is 26.6 Å². The lowest BCUT2D eigenvalue weighted by Gasteiger charge is -2.15. The maximum atomic E-state index is 14.1. The molecule has 0 bridgehead atoms. The number of hydrogen-bond acceptors (Lipinski definition) is 3. The van der Waals surface area contributed by atoms with Crippen molar-refractivity contribution in [3.05, 3.63) is 72.4 Å². The molecule has 0 aliphatic heterocycles. The van der Waals surface area contributed by atoms with Crippen LogP contribution in [0.4, 0.5) is 19.0 Å². The first-order valence-electron chi connectivity index (χ1n) is 7.85. The molecule has 1 aliphatic carbocycles. The highest BCUT2D eigenvalue weighted by atomic mass is 19.3. The van der Waals surface area contributed by atoms with Crippen molar-refractivity contribution in [2.45, 2.75) is 17.8 Å². The summed E-state index contributed by atoms with van der Waals surface area (Å²) >= 11 is 0. The number of aromatic nitrogens is 3. The number of alkyl halides is 2. The molecule has 1 amide bonds. The molecule has 8 heteroatoms. The van der Waals surface area contributed by atoms with Crippen LogP contribution in [-0.2, 0) is 10.2 Å². The maximum Gasteiger partial charge on any atom is 0.268 e. The number of halogens is 3. The van der Waals surface area contributed by atoms with Gasteiger partial charge in [-0.3, -0.25) is 4.79 Å². The van der Waals surface area contributed by atoms with Crippen molar-refractivity contribution in [1.82, 2.24) is 14.8 Å². The minimum Gasteiger partial charge on any atom is -0.308 e. The minimum atomic E-state index is -3.12. The quantitative estimate of drug-likeness (QED) is 0.728. The summed E-state index contributed by atoms with van der Waals surface area (Å²) in [5.41, 5.74) is -1.23. The third-order valence-electron chi connectivity index (χ3n) is 4.45. The molecule has 1 atom stereocenters. The topological polar surface area (TPSA) is 59.8 Å². The molecule has 1 fully saturated rings. The average Bonchev–Trinajstić information content (AvgIpc) is 2.98. The Bertz CT molecular complexity index is 973. The van der Waals surface area contributed by atoms with E-state index in [0.29, 0.717) is 5.69 Å². The molecule has 0 spiro atoms. The molecule has 1 aromatic carbocycles. The largest absolute Gasteiger partial charge is 0.308 e. The van der Waals surface area contributed by atoms with Crippen molar-refractivity contribution in [1.29, 1.82) is 0 Å². The smallest absolute Gasteiger partial charge is 0.268 e. The molecule has 1 N–H and O–H groups in total. The molecule has 0 saturated heterocycles. The highest BCUT2D eigenvalue weighted by Gasteiger charge is 2.76. The predicted octanol–water partition coefficient (Wildman–Crippen LogP) is 3.32. The van der Waals surface area contributed by atoms with Gasteiger partial charge in [0.1, 0.15) is 5.41 Å². The van der Waals surface area contributed by atoms with Gasteiger partial charge in [0.05, 0.1) is 5.69 Å². The summed E-state index contributed by atoms with van der Waals surface area (Å²) in [4.78, 5) is 16.1. The molecule has 5 nitrogen and oxygen atoms in total. The second kappa shape index (κ2) is 5.69. The average molecular weight is 358 g/mol. The zero-order valence-electron chi connectivity index (χ0n) is 13.4. The molecule has 1 aliphatic rings. The molecule has 2 aromatic heterocycles. The Labute approximate surface area is 146 Å². The van der Waals surface area contributed by atoms with Crippen molar-refractivity contribution in [2.75, 3.05) is 5.32 Å². The Kier molecular flexibility index (Phi) is 3.57. The number of nitrogens with one attached hydrogen (secondary N) is 1. The summed E-state index contributed by atoms with van der Waals surface area (Å²) in [6, 6.07) is 12.1. The molecule has 4 rings (SSSR count). The SMILES string of the molecule is O=C(Nc1ccn(-c2ccnc(F)c2)n1)[C@@]1(c2ccccc2)CC1(F)F. The van der Waals surface area contributed by atoms with Gasteiger partial charge >= 0.3 is 0 Å². The van der Waals surface area contributed by atoms with Gasteiger partial charge in [-0.05, 0) is 11.6 Å². The highest BCUT2D eigenvalue weighted by molar-refractivity contribution is 6.02. The number of nitrogens with zero attached hydrogens (tertiary/aromatic N) is 3. The van der Waals surface area contributed by atoms with Gasteiger partial charge in [0.2, 0.25) is 11.9 Å². The molecular weight excluding hydrogens is 345 g/mol. The van der Waals surface area contributed by atoms with E-state index < -0.39 is 29.6 Å². The van der Waals surface area contributed by atoms with E-state index in [1.54, 1.807) is 18.2 Å². The second-order valence-corrected chi connectivity index (χ2v) is 6.09. The van der Waals surface area contributed by atoms with Gasteiger partial charge in [-0.15, -0.1) is 0 Å². The monoisotopic (exact) mass is 358 g/mol. The Hall–Kier alpha value is -3.16. The Balaban J connectivity index is 1.59. The number of benzene rings is 1. The number of amides is 1. The first-order chi connectivity index (χ1) is 12.4. The van der Waals surface area contributed by atoms with Crippen LogP contribution in [0.5, 0.6) is 0 Å². The number of carbonyl (C=O) groups is 1. The third kappa shape index (κ3) is 2.54. The van der Waals surface area contributed by atoms with Gasteiger partial charge in [0, 0.05) is 30.9 Å². The van der Waals surface area contributed by atoms with E-state index in [9.17, 15) is 18.0 Å². The summed E-state index contributed by atoms with van der Waals surface area (Å²) in [6.07, 6.45) is 2.22. The van der Waals surface area contributed by atoms with Crippen molar-refractivity contribution >= 4 is 11.7 Å². The summed E-state index contributed by atoms with van der Waals surface area (Å²) in [5.74, 6) is -4.51. The van der Waals surface area contributed by atoms with Gasteiger partial charge in [-0.25, -0.2) is 18.4 Å². The normalized spacial score (nSPS) is 20.6. The van der Waals surface area contributed by atoms with Crippen LogP contribution >= 0.6 is 0 Å². The summed E-state index contributed by atoms with van der Waals surface area (Å²) in [5, 5.41) is 6.53. The van der Waals surface area contributed by atoms with E-state index >= 15 is 0 Å². The summed E-state index contributed by atoms with van der Waals surface area (Å²) in [6.45, 7) is 0. The van der Waals surface area contributed by atoms with E-state index in [1.807, 2.05) is 0 Å². The number of anilines is 1. The first kappa shape index (κ1) is 16.3. The fraction of sp³-hybridized carbons (Fsp3) is 0.167. The van der Waals surface area contributed by atoms with E-state index in [1.165, 1.54) is 47.4 Å². The Morgan fingerprint density at radius 2 is 1.88 bits per heavy atom. The van der Waals surface area contributed by atoms with E-state index in [2.05, 4.69) is 15.4 Å². The molecule has 1 saturated carbocycles. The molecule has 2 heterocycles. The van der Waals surface area contributed by atoms with Crippen LogP contribution in [0.3, 0.4) is 0 Å². The summed E-state index contributed by atoms with van der Waals surface area (Å²) in [7, 11) is 0. The van der Waals surface area contributed by atoms with E-state index in [-0.39, 0.29) is 11.4 Å². The highest BCUT2D eigenvalue weighted by Crippen LogP contribution is 2.62. The van der Waals surface area contributed by atoms with Gasteiger partial charge in [0.15, 0.2) is 5.82 Å². The standard InChI is InChI=1S/C18H13F3N4O/c19-14-10-13(6-8-22-14)25-9-7-15(24-25)23-16(26)17(11-18(17,20)21)12-4-2-1-3-5-12/h1-10H,11H2,(H,23,24,26)/t17-/m0/s1. The van der Waals surface area contributed by atoms with Crippen molar-refractivity contribution in [2.24, 2.45) is 0 Å². The van der Waals surface area contributed by atoms with Crippen LogP contribution in [0.1, 0.15) is 12.0 Å². The number of pyridine rings is 1. The van der Waals surface area contributed by atoms with Gasteiger partial charge in [-0.1, -0.05) is 30.3 Å². The fourth-order valence-electron chi connectivity index (χ4n) is 2.99. The first-order valence-corrected chi connectivity index (χ1v) is 7.85. The van der Waals surface area contributed by atoms with Gasteiger partial charge in [0.25, 0.3) is 5.92 Å². The molecule has 0 unspecified atom stereocenters. The van der Waals surface area contributed by atoms with Crippen LogP contribution in [0, 0.1) is 5.95 Å². The molecule has 3 aromatic rings. The van der Waals surface area contributed by atoms with Crippen LogP contribution in [0.15, 0.2) is 60.9 Å². The zero-order valence-corrected chi connectivity index (χ0v) is 13.4. The molecule has 26 heavy (non-hydrogen) atoms. The number of carbonyl (C=O) groups excluding carboxylic acids is 1. The van der Waals surface area contributed by atoms with Crippen molar-refractivity contribution in [3.63, 3.8) is 0 Å². The van der Waals surface area contributed by atoms with Crippen LogP contribution in [0.2, 0.25) is 0 Å². The molecule has 0 radical (unpaired) electrons. The second-order valence-electron chi connectivity index (χ2n) is 6.09. The van der Waals surface area contributed by atoms with Crippen LogP contribution in [0.25, 0.3) is 5.69 Å². The van der Waals surface area contributed by atoms with Crippen molar-refractivity contribution in [3.8, 4) is 5.69 Å². The lowest BCUT2D eigenvalue weighted by molar-refractivity contribution is -0.121. The third-order valence-corrected chi connectivity index (χ3v) is 4.45. The van der Waals surface area contributed by atoms with Gasteiger partial charge < -0.3 is 5.32 Å². The van der Waals surface area contributed by atoms with E-state index in [4.69, 9.17) is 0 Å². The fourth-order valence-corrected chi connectivity index (χ4v) is 2.99. The number of rotatable bonds is 4. The van der Waals surface area contributed by atoms with E-state index in [0.717, 1.165) is 0 Å².